The van der Waals surface area contributed by atoms with Crippen molar-refractivity contribution in [1.82, 2.24) is 15.3 Å². The number of hydrogen-bond donors (Lipinski definition) is 2. The van der Waals surface area contributed by atoms with Gasteiger partial charge in [0.1, 0.15) is 6.33 Å². The van der Waals surface area contributed by atoms with Crippen LogP contribution in [0.4, 0.5) is 11.4 Å². The van der Waals surface area contributed by atoms with E-state index in [1.165, 1.54) is 24.3 Å². The molecule has 2 heterocycles. The highest BCUT2D eigenvalue weighted by Gasteiger charge is 2.20. The third kappa shape index (κ3) is 4.12. The molecule has 1 aromatic heterocycles. The summed E-state index contributed by atoms with van der Waals surface area (Å²) < 4.78 is 0. The van der Waals surface area contributed by atoms with E-state index in [0.717, 1.165) is 31.0 Å². The highest BCUT2D eigenvalue weighted by molar-refractivity contribution is 6.03. The molecule has 2 aromatic carbocycles. The van der Waals surface area contributed by atoms with Crippen LogP contribution in [0.3, 0.4) is 0 Å². The van der Waals surface area contributed by atoms with E-state index in [0.29, 0.717) is 11.6 Å². The van der Waals surface area contributed by atoms with Crippen molar-refractivity contribution in [1.29, 1.82) is 0 Å². The Labute approximate surface area is 158 Å². The minimum atomic E-state index is -0.213. The van der Waals surface area contributed by atoms with Gasteiger partial charge in [0.15, 0.2) is 0 Å². The van der Waals surface area contributed by atoms with Crippen LogP contribution in [0.25, 0.3) is 0 Å². The summed E-state index contributed by atoms with van der Waals surface area (Å²) in [5, 5.41) is 6.45. The van der Waals surface area contributed by atoms with Gasteiger partial charge >= 0.3 is 0 Å². The number of carbonyl (C=O) groups excluding carboxylic acids is 1. The number of piperazine rings is 1. The normalized spacial score (nSPS) is 16.7. The summed E-state index contributed by atoms with van der Waals surface area (Å²) >= 11 is 0. The largest absolute Gasteiger partial charge is 0.368 e. The Balaban J connectivity index is 1.42. The van der Waals surface area contributed by atoms with E-state index >= 15 is 0 Å². The second-order valence-corrected chi connectivity index (χ2v) is 6.49. The Bertz CT molecular complexity index is 883. The molecule has 1 fully saturated rings. The SMILES string of the molecule is O=C(Nc1ccc(N2CCNC(c3ccccc3)C2)cc1)c1cncnc1. The molecule has 6 heteroatoms. The van der Waals surface area contributed by atoms with Crippen LogP contribution in [0.5, 0.6) is 0 Å². The molecule has 0 saturated carbocycles. The molecule has 1 aliphatic rings. The van der Waals surface area contributed by atoms with Crippen molar-refractivity contribution in [3.8, 4) is 0 Å². The minimum absolute atomic E-state index is 0.213. The number of anilines is 2. The quantitative estimate of drug-likeness (QED) is 0.750. The lowest BCUT2D eigenvalue weighted by molar-refractivity contribution is 0.102. The molecule has 1 saturated heterocycles. The number of amides is 1. The second-order valence-electron chi connectivity index (χ2n) is 6.49. The molecule has 0 radical (unpaired) electrons. The molecule has 4 rings (SSSR count). The predicted molar refractivity (Wildman–Crippen MR) is 106 cm³/mol. The van der Waals surface area contributed by atoms with E-state index in [1.54, 1.807) is 0 Å². The van der Waals surface area contributed by atoms with E-state index in [-0.39, 0.29) is 5.91 Å². The fraction of sp³-hybridized carbons (Fsp3) is 0.190. The predicted octanol–water partition coefficient (Wildman–Crippen LogP) is 2.88. The van der Waals surface area contributed by atoms with Gasteiger partial charge in [-0.3, -0.25) is 4.79 Å². The number of nitrogens with zero attached hydrogens (tertiary/aromatic N) is 3. The Morgan fingerprint density at radius 1 is 1.04 bits per heavy atom. The van der Waals surface area contributed by atoms with E-state index in [9.17, 15) is 4.79 Å². The zero-order valence-corrected chi connectivity index (χ0v) is 14.9. The summed E-state index contributed by atoms with van der Waals surface area (Å²) in [4.78, 5) is 22.3. The average Bonchev–Trinajstić information content (AvgIpc) is 2.75. The third-order valence-electron chi connectivity index (χ3n) is 4.69. The lowest BCUT2D eigenvalue weighted by Crippen LogP contribution is -2.45. The first-order valence-electron chi connectivity index (χ1n) is 8.99. The Kier molecular flexibility index (Phi) is 5.07. The van der Waals surface area contributed by atoms with Crippen molar-refractivity contribution in [2.75, 3.05) is 29.9 Å². The van der Waals surface area contributed by atoms with Gasteiger partial charge in [-0.15, -0.1) is 0 Å². The Morgan fingerprint density at radius 3 is 2.52 bits per heavy atom. The van der Waals surface area contributed by atoms with Crippen molar-refractivity contribution in [3.63, 3.8) is 0 Å². The first-order valence-corrected chi connectivity index (χ1v) is 8.99. The van der Waals surface area contributed by atoms with Gasteiger partial charge in [0, 0.05) is 49.4 Å². The summed E-state index contributed by atoms with van der Waals surface area (Å²) in [5.74, 6) is -0.213. The van der Waals surface area contributed by atoms with Gasteiger partial charge in [-0.1, -0.05) is 30.3 Å². The van der Waals surface area contributed by atoms with Crippen molar-refractivity contribution in [2.24, 2.45) is 0 Å². The highest BCUT2D eigenvalue weighted by Crippen LogP contribution is 2.24. The third-order valence-corrected chi connectivity index (χ3v) is 4.69. The zero-order chi connectivity index (χ0) is 18.5. The molecule has 27 heavy (non-hydrogen) atoms. The standard InChI is InChI=1S/C21H21N5O/c27-21(17-12-22-15-23-13-17)25-18-6-8-19(9-7-18)26-11-10-24-20(14-26)16-4-2-1-3-5-16/h1-9,12-13,15,20,24H,10-11,14H2,(H,25,27). The summed E-state index contributed by atoms with van der Waals surface area (Å²) in [5.41, 5.74) is 3.64. The van der Waals surface area contributed by atoms with Crippen LogP contribution in [0, 0.1) is 0 Å². The van der Waals surface area contributed by atoms with Gasteiger partial charge in [0.25, 0.3) is 5.91 Å². The topological polar surface area (TPSA) is 70.2 Å². The van der Waals surface area contributed by atoms with Crippen LogP contribution in [0.1, 0.15) is 22.0 Å². The van der Waals surface area contributed by atoms with E-state index in [1.807, 2.05) is 30.3 Å². The first-order chi connectivity index (χ1) is 13.3. The van der Waals surface area contributed by atoms with Gasteiger partial charge in [0.2, 0.25) is 0 Å². The number of nitrogens with one attached hydrogen (secondary N) is 2. The molecule has 1 aliphatic heterocycles. The molecule has 6 nitrogen and oxygen atoms in total. The second kappa shape index (κ2) is 7.97. The summed E-state index contributed by atoms with van der Waals surface area (Å²) in [6.45, 7) is 2.81. The van der Waals surface area contributed by atoms with Crippen LogP contribution in [-0.4, -0.2) is 35.5 Å². The molecule has 136 valence electrons. The van der Waals surface area contributed by atoms with Gasteiger partial charge in [-0.2, -0.15) is 0 Å². The van der Waals surface area contributed by atoms with E-state index < -0.39 is 0 Å². The van der Waals surface area contributed by atoms with E-state index in [2.05, 4.69) is 49.8 Å². The maximum atomic E-state index is 12.2. The monoisotopic (exact) mass is 359 g/mol. The van der Waals surface area contributed by atoms with Gasteiger partial charge in [-0.25, -0.2) is 9.97 Å². The van der Waals surface area contributed by atoms with Crippen molar-refractivity contribution >= 4 is 17.3 Å². The summed E-state index contributed by atoms with van der Waals surface area (Å²) in [6, 6.07) is 18.8. The number of benzene rings is 2. The van der Waals surface area contributed by atoms with Crippen molar-refractivity contribution < 1.29 is 4.79 Å². The van der Waals surface area contributed by atoms with Crippen LogP contribution in [-0.2, 0) is 0 Å². The molecule has 0 aliphatic carbocycles. The lowest BCUT2D eigenvalue weighted by atomic mass is 10.0. The van der Waals surface area contributed by atoms with E-state index in [4.69, 9.17) is 0 Å². The zero-order valence-electron chi connectivity index (χ0n) is 14.9. The molecule has 1 atom stereocenters. The molecule has 0 spiro atoms. The number of hydrogen-bond acceptors (Lipinski definition) is 5. The molecule has 1 unspecified atom stereocenters. The molecule has 0 bridgehead atoms. The maximum Gasteiger partial charge on any atom is 0.258 e. The molecule has 3 aromatic rings. The van der Waals surface area contributed by atoms with Gasteiger partial charge in [-0.05, 0) is 29.8 Å². The highest BCUT2D eigenvalue weighted by atomic mass is 16.1. The molecule has 2 N–H and O–H groups in total. The maximum absolute atomic E-state index is 12.2. The smallest absolute Gasteiger partial charge is 0.258 e. The number of carbonyl (C=O) groups is 1. The average molecular weight is 359 g/mol. The van der Waals surface area contributed by atoms with Crippen LogP contribution in [0.15, 0.2) is 73.3 Å². The lowest BCUT2D eigenvalue weighted by Gasteiger charge is -2.35. The van der Waals surface area contributed by atoms with Crippen LogP contribution >= 0.6 is 0 Å². The van der Waals surface area contributed by atoms with Crippen LogP contribution < -0.4 is 15.5 Å². The van der Waals surface area contributed by atoms with Crippen LogP contribution in [0.2, 0.25) is 0 Å². The molecular formula is C21H21N5O. The fourth-order valence-electron chi connectivity index (χ4n) is 3.27. The summed E-state index contributed by atoms with van der Waals surface area (Å²) in [6.07, 6.45) is 4.41. The van der Waals surface area contributed by atoms with Gasteiger partial charge in [0.05, 0.1) is 5.56 Å². The Hall–Kier alpha value is -3.25. The first kappa shape index (κ1) is 17.2. The Morgan fingerprint density at radius 2 is 1.78 bits per heavy atom. The fourth-order valence-corrected chi connectivity index (χ4v) is 3.27. The molecule has 1 amide bonds. The number of rotatable bonds is 4. The summed E-state index contributed by atoms with van der Waals surface area (Å²) in [7, 11) is 0. The van der Waals surface area contributed by atoms with Crippen molar-refractivity contribution in [3.05, 3.63) is 84.4 Å². The van der Waals surface area contributed by atoms with Crippen molar-refractivity contribution in [2.45, 2.75) is 6.04 Å². The molecular weight excluding hydrogens is 338 g/mol. The number of aromatic nitrogens is 2. The minimum Gasteiger partial charge on any atom is -0.368 e. The van der Waals surface area contributed by atoms with Gasteiger partial charge < -0.3 is 15.5 Å².